The first kappa shape index (κ1) is 18.1. The van der Waals surface area contributed by atoms with Gasteiger partial charge in [0.1, 0.15) is 11.8 Å². The summed E-state index contributed by atoms with van der Waals surface area (Å²) >= 11 is 0. The van der Waals surface area contributed by atoms with E-state index in [9.17, 15) is 9.59 Å². The monoisotopic (exact) mass is 223 g/mol. The molecule has 0 fully saturated rings. The molecule has 0 bridgehead atoms. The maximum absolute atomic E-state index is 11.3. The van der Waals surface area contributed by atoms with E-state index in [1.54, 1.807) is 0 Å². The molecule has 0 saturated heterocycles. The zero-order valence-electron chi connectivity index (χ0n) is 11.9. The Kier molecular flexibility index (Phi) is 9.95. The van der Waals surface area contributed by atoms with Gasteiger partial charge in [-0.2, -0.15) is 0 Å². The average Bonchev–Trinajstić information content (AvgIpc) is 2.00. The predicted molar refractivity (Wildman–Crippen MR) is 59.8 cm³/mol. The number of carbonyl (C=O) groups is 2. The number of hydrogen-bond acceptors (Lipinski definition) is 3. The molecule has 0 aliphatic heterocycles. The maximum Gasteiger partial charge on any atom is 1.00 e. The summed E-state index contributed by atoms with van der Waals surface area (Å²) < 4.78 is 0. The Morgan fingerprint density at radius 2 is 1.75 bits per heavy atom. The van der Waals surface area contributed by atoms with Crippen LogP contribution in [-0.4, -0.2) is 29.4 Å². The molecule has 90 valence electrons. The molecule has 5 heteroatoms. The van der Waals surface area contributed by atoms with Crippen LogP contribution in [0.3, 0.4) is 0 Å². The van der Waals surface area contributed by atoms with Crippen molar-refractivity contribution in [1.82, 2.24) is 5.32 Å². The van der Waals surface area contributed by atoms with E-state index in [4.69, 9.17) is 5.11 Å². The molecule has 0 aromatic rings. The zero-order chi connectivity index (χ0) is 12.0. The van der Waals surface area contributed by atoms with Gasteiger partial charge in [0.25, 0.3) is 0 Å². The quantitative estimate of drug-likeness (QED) is 0.511. The molecule has 1 unspecified atom stereocenters. The van der Waals surface area contributed by atoms with Crippen molar-refractivity contribution in [3.63, 3.8) is 0 Å². The third-order valence-corrected chi connectivity index (χ3v) is 2.09. The molecule has 0 rings (SSSR count). The Morgan fingerprint density at radius 1 is 1.25 bits per heavy atom. The Labute approximate surface area is 111 Å². The molecule has 0 radical (unpaired) electrons. The normalized spacial score (nSPS) is 12.4. The standard InChI is InChI=1S/C11H21NO3.Li.H/c1-7(2)5-9(13)6-12-10(8(3)4)11(14)15;;/h7-8,10,12H,5-6H2,1-4H3,(H,14,15);;/q;+1;-1. The van der Waals surface area contributed by atoms with Crippen LogP contribution in [0.4, 0.5) is 0 Å². The number of carbonyl (C=O) groups excluding carboxylic acids is 1. The molecule has 0 aliphatic rings. The van der Waals surface area contributed by atoms with Gasteiger partial charge < -0.3 is 6.53 Å². The van der Waals surface area contributed by atoms with Gasteiger partial charge in [-0.05, 0) is 11.8 Å². The molecule has 0 heterocycles. The van der Waals surface area contributed by atoms with E-state index >= 15 is 0 Å². The molecule has 0 aromatic carbocycles. The summed E-state index contributed by atoms with van der Waals surface area (Å²) in [6.45, 7) is 7.72. The molecule has 0 saturated carbocycles. The minimum atomic E-state index is -0.901. The number of Topliss-reactive ketones (excluding diaryl/α,β-unsaturated/α-hetero) is 1. The van der Waals surface area contributed by atoms with Crippen LogP contribution in [0.2, 0.25) is 0 Å². The third-order valence-electron chi connectivity index (χ3n) is 2.09. The van der Waals surface area contributed by atoms with E-state index in [2.05, 4.69) is 5.32 Å². The van der Waals surface area contributed by atoms with Gasteiger partial charge >= 0.3 is 24.8 Å². The van der Waals surface area contributed by atoms with Crippen LogP contribution < -0.4 is 24.2 Å². The van der Waals surface area contributed by atoms with Crippen molar-refractivity contribution in [2.75, 3.05) is 6.54 Å². The fourth-order valence-corrected chi connectivity index (χ4v) is 1.36. The minimum Gasteiger partial charge on any atom is -1.00 e. The van der Waals surface area contributed by atoms with E-state index in [1.165, 1.54) is 0 Å². The van der Waals surface area contributed by atoms with Crippen LogP contribution in [0.15, 0.2) is 0 Å². The van der Waals surface area contributed by atoms with E-state index in [0.717, 1.165) is 0 Å². The van der Waals surface area contributed by atoms with Gasteiger partial charge in [-0.15, -0.1) is 0 Å². The van der Waals surface area contributed by atoms with Gasteiger partial charge in [-0.25, -0.2) is 0 Å². The van der Waals surface area contributed by atoms with Crippen molar-refractivity contribution < 1.29 is 35.0 Å². The SMILES string of the molecule is CC(C)CC(=O)CNC(C(=O)O)C(C)C.[H-].[Li+]. The van der Waals surface area contributed by atoms with Crippen molar-refractivity contribution in [2.24, 2.45) is 11.8 Å². The molecular weight excluding hydrogens is 201 g/mol. The van der Waals surface area contributed by atoms with Gasteiger partial charge in [-0.3, -0.25) is 14.9 Å². The molecule has 0 spiro atoms. The van der Waals surface area contributed by atoms with Crippen molar-refractivity contribution >= 4 is 11.8 Å². The number of aliphatic carboxylic acids is 1. The Bertz CT molecular complexity index is 235. The van der Waals surface area contributed by atoms with Crippen LogP contribution >= 0.6 is 0 Å². The summed E-state index contributed by atoms with van der Waals surface area (Å²) in [4.78, 5) is 22.1. The largest absolute Gasteiger partial charge is 1.00 e. The fourth-order valence-electron chi connectivity index (χ4n) is 1.36. The van der Waals surface area contributed by atoms with E-state index in [1.807, 2.05) is 27.7 Å². The molecule has 0 aromatic heterocycles. The molecule has 1 atom stereocenters. The van der Waals surface area contributed by atoms with Gasteiger partial charge in [0, 0.05) is 6.42 Å². The first-order valence-corrected chi connectivity index (χ1v) is 5.32. The average molecular weight is 223 g/mol. The summed E-state index contributed by atoms with van der Waals surface area (Å²) in [6, 6.07) is -0.638. The van der Waals surface area contributed by atoms with Crippen molar-refractivity contribution in [3.05, 3.63) is 0 Å². The molecule has 0 aliphatic carbocycles. The summed E-state index contributed by atoms with van der Waals surface area (Å²) in [5, 5.41) is 11.6. The van der Waals surface area contributed by atoms with Crippen molar-refractivity contribution in [1.29, 1.82) is 0 Å². The van der Waals surface area contributed by atoms with Gasteiger partial charge in [0.15, 0.2) is 0 Å². The topological polar surface area (TPSA) is 66.4 Å². The molecule has 4 nitrogen and oxygen atoms in total. The first-order valence-electron chi connectivity index (χ1n) is 5.32. The number of nitrogens with one attached hydrogen (secondary N) is 1. The van der Waals surface area contributed by atoms with Crippen LogP contribution in [0.25, 0.3) is 0 Å². The van der Waals surface area contributed by atoms with Gasteiger partial charge in [-0.1, -0.05) is 27.7 Å². The second kappa shape index (κ2) is 8.80. The minimum absolute atomic E-state index is 0. The second-order valence-electron chi connectivity index (χ2n) is 4.58. The first-order chi connectivity index (χ1) is 6.84. The summed E-state index contributed by atoms with van der Waals surface area (Å²) in [5.41, 5.74) is 0. The summed E-state index contributed by atoms with van der Waals surface area (Å²) in [5.74, 6) is -0.532. The van der Waals surface area contributed by atoms with Crippen molar-refractivity contribution in [3.8, 4) is 0 Å². The number of ketones is 1. The van der Waals surface area contributed by atoms with Gasteiger partial charge in [0.05, 0.1) is 6.54 Å². The van der Waals surface area contributed by atoms with Crippen LogP contribution in [-0.2, 0) is 9.59 Å². The molecule has 0 amide bonds. The predicted octanol–water partition coefficient (Wildman–Crippen LogP) is -1.58. The van der Waals surface area contributed by atoms with E-state index in [0.29, 0.717) is 12.3 Å². The third kappa shape index (κ3) is 7.92. The van der Waals surface area contributed by atoms with Crippen LogP contribution in [0, 0.1) is 11.8 Å². The van der Waals surface area contributed by atoms with Gasteiger partial charge in [0.2, 0.25) is 0 Å². The number of carboxylic acid groups (broad SMARTS) is 1. The van der Waals surface area contributed by atoms with Crippen molar-refractivity contribution in [2.45, 2.75) is 40.2 Å². The Hall–Kier alpha value is -0.303. The smallest absolute Gasteiger partial charge is 1.00 e. The van der Waals surface area contributed by atoms with Crippen LogP contribution in [0.5, 0.6) is 0 Å². The Balaban J connectivity index is -0.000000980. The number of carboxylic acids is 1. The number of hydrogen-bond donors (Lipinski definition) is 2. The number of rotatable bonds is 7. The summed E-state index contributed by atoms with van der Waals surface area (Å²) in [6.07, 6.45) is 0.497. The fraction of sp³-hybridized carbons (Fsp3) is 0.818. The van der Waals surface area contributed by atoms with E-state index < -0.39 is 12.0 Å². The summed E-state index contributed by atoms with van der Waals surface area (Å²) in [7, 11) is 0. The molecule has 16 heavy (non-hydrogen) atoms. The molecule has 2 N–H and O–H groups in total. The van der Waals surface area contributed by atoms with E-state index in [-0.39, 0.29) is 38.5 Å². The maximum atomic E-state index is 11.3. The molecular formula is C11H22LiNO3. The second-order valence-corrected chi connectivity index (χ2v) is 4.58. The zero-order valence-corrected chi connectivity index (χ0v) is 10.9. The van der Waals surface area contributed by atoms with Crippen LogP contribution in [0.1, 0.15) is 35.5 Å². The Morgan fingerprint density at radius 3 is 2.06 bits per heavy atom.